The Balaban J connectivity index is 2.81. The zero-order valence-corrected chi connectivity index (χ0v) is 11.5. The molecule has 1 aromatic rings. The van der Waals surface area contributed by atoms with E-state index in [1.165, 1.54) is 0 Å². The lowest BCUT2D eigenvalue weighted by Crippen LogP contribution is -2.48. The second-order valence-corrected chi connectivity index (χ2v) is 4.44. The zero-order chi connectivity index (χ0) is 15.2. The lowest BCUT2D eigenvalue weighted by Gasteiger charge is -2.18. The van der Waals surface area contributed by atoms with Gasteiger partial charge in [-0.1, -0.05) is 30.3 Å². The van der Waals surface area contributed by atoms with Crippen LogP contribution in [0.15, 0.2) is 30.3 Å². The largest absolute Gasteiger partial charge is 0.464 e. The van der Waals surface area contributed by atoms with Gasteiger partial charge in [-0.15, -0.1) is 0 Å². The third-order valence-corrected chi connectivity index (χ3v) is 2.59. The van der Waals surface area contributed by atoms with Crippen molar-refractivity contribution < 1.29 is 23.1 Å². The Hall–Kier alpha value is -1.69. The highest BCUT2D eigenvalue weighted by Gasteiger charge is 2.38. The number of esters is 1. The number of hydrogen-bond acceptors (Lipinski definition) is 3. The van der Waals surface area contributed by atoms with Crippen molar-refractivity contribution in [1.29, 1.82) is 0 Å². The molecule has 110 valence electrons. The van der Waals surface area contributed by atoms with Crippen LogP contribution in [0.25, 0.3) is 0 Å². The fourth-order valence-corrected chi connectivity index (χ4v) is 1.58. The number of amides is 1. The highest BCUT2D eigenvalue weighted by Crippen LogP contribution is 2.19. The van der Waals surface area contributed by atoms with Gasteiger partial charge in [0.25, 0.3) is 0 Å². The summed E-state index contributed by atoms with van der Waals surface area (Å²) in [6, 6.07) is 7.43. The van der Waals surface area contributed by atoms with Gasteiger partial charge in [0.15, 0.2) is 0 Å². The van der Waals surface area contributed by atoms with Gasteiger partial charge in [-0.2, -0.15) is 8.78 Å². The highest BCUT2D eigenvalue weighted by molar-refractivity contribution is 6.32. The van der Waals surface area contributed by atoms with Gasteiger partial charge in [0.05, 0.1) is 6.61 Å². The summed E-state index contributed by atoms with van der Waals surface area (Å²) in [6.07, 6.45) is 0.0401. The smallest absolute Gasteiger partial charge is 0.399 e. The van der Waals surface area contributed by atoms with Crippen LogP contribution < -0.4 is 5.32 Å². The Morgan fingerprint density at radius 1 is 1.35 bits per heavy atom. The molecule has 0 heterocycles. The molecule has 0 saturated heterocycles. The van der Waals surface area contributed by atoms with Crippen LogP contribution in [0.2, 0.25) is 0 Å². The molecule has 7 heteroatoms. The normalized spacial score (nSPS) is 12.6. The molecule has 0 aliphatic carbocycles. The molecule has 0 bridgehead atoms. The number of carbonyl (C=O) groups is 2. The Labute approximate surface area is 120 Å². The van der Waals surface area contributed by atoms with Crippen LogP contribution >= 0.6 is 11.6 Å². The molecule has 0 saturated carbocycles. The first-order valence-corrected chi connectivity index (χ1v) is 6.30. The van der Waals surface area contributed by atoms with Gasteiger partial charge in [-0.3, -0.25) is 4.79 Å². The Kier molecular flexibility index (Phi) is 5.88. The molecule has 0 aliphatic heterocycles. The zero-order valence-electron chi connectivity index (χ0n) is 10.7. The predicted octanol–water partition coefficient (Wildman–Crippen LogP) is 2.11. The minimum atomic E-state index is -4.07. The first-order valence-electron chi connectivity index (χ1n) is 5.92. The predicted molar refractivity (Wildman–Crippen MR) is 69.5 cm³/mol. The Bertz CT molecular complexity index is 462. The molecule has 0 aliphatic rings. The van der Waals surface area contributed by atoms with Crippen LogP contribution in [0.1, 0.15) is 12.5 Å². The van der Waals surface area contributed by atoms with E-state index >= 15 is 0 Å². The van der Waals surface area contributed by atoms with Gasteiger partial charge in [-0.25, -0.2) is 4.79 Å². The van der Waals surface area contributed by atoms with Crippen LogP contribution in [-0.4, -0.2) is 29.9 Å². The first-order chi connectivity index (χ1) is 9.34. The fourth-order valence-electron chi connectivity index (χ4n) is 1.53. The summed E-state index contributed by atoms with van der Waals surface area (Å²) in [4.78, 5) is 22.9. The summed E-state index contributed by atoms with van der Waals surface area (Å²) in [7, 11) is 0. The summed E-state index contributed by atoms with van der Waals surface area (Å²) in [5, 5.41) is -2.17. The standard InChI is InChI=1S/C13H14ClF2NO3/c1-2-20-11(18)10(17-12(19)13(14,15)16)8-9-6-4-3-5-7-9/h3-7,10H,2,8H2,1H3,(H,17,19). The number of hydrogen-bond donors (Lipinski definition) is 1. The van der Waals surface area contributed by atoms with E-state index in [4.69, 9.17) is 4.74 Å². The number of benzene rings is 1. The van der Waals surface area contributed by atoms with Gasteiger partial charge < -0.3 is 10.1 Å². The number of alkyl halides is 3. The molecule has 1 atom stereocenters. The van der Waals surface area contributed by atoms with E-state index < -0.39 is 23.3 Å². The van der Waals surface area contributed by atoms with Crippen molar-refractivity contribution in [2.75, 3.05) is 6.61 Å². The van der Waals surface area contributed by atoms with Crippen molar-refractivity contribution in [3.05, 3.63) is 35.9 Å². The molecule has 4 nitrogen and oxygen atoms in total. The van der Waals surface area contributed by atoms with Gasteiger partial charge in [-0.05, 0) is 24.1 Å². The molecule has 1 N–H and O–H groups in total. The minimum absolute atomic E-state index is 0.0401. The summed E-state index contributed by atoms with van der Waals surface area (Å²) in [5.74, 6) is -2.52. The molecular weight excluding hydrogens is 292 g/mol. The second kappa shape index (κ2) is 7.19. The van der Waals surface area contributed by atoms with Crippen molar-refractivity contribution in [2.24, 2.45) is 0 Å². The average molecular weight is 306 g/mol. The molecule has 1 aromatic carbocycles. The first kappa shape index (κ1) is 16.4. The molecule has 1 amide bonds. The molecule has 1 unspecified atom stereocenters. The topological polar surface area (TPSA) is 55.4 Å². The molecule has 0 aromatic heterocycles. The number of rotatable bonds is 6. The van der Waals surface area contributed by atoms with Crippen molar-refractivity contribution in [2.45, 2.75) is 24.8 Å². The van der Waals surface area contributed by atoms with E-state index in [2.05, 4.69) is 11.6 Å². The van der Waals surface area contributed by atoms with Gasteiger partial charge in [0.1, 0.15) is 6.04 Å². The maximum atomic E-state index is 12.7. The number of halogens is 3. The number of carbonyl (C=O) groups excluding carboxylic acids is 2. The summed E-state index contributed by atoms with van der Waals surface area (Å²) in [5.41, 5.74) is 0.698. The maximum Gasteiger partial charge on any atom is 0.399 e. The van der Waals surface area contributed by atoms with Crippen LogP contribution in [0, 0.1) is 0 Å². The third kappa shape index (κ3) is 5.13. The third-order valence-electron chi connectivity index (χ3n) is 2.42. The maximum absolute atomic E-state index is 12.7. The minimum Gasteiger partial charge on any atom is -0.464 e. The van der Waals surface area contributed by atoms with E-state index in [-0.39, 0.29) is 13.0 Å². The fraction of sp³-hybridized carbons (Fsp3) is 0.385. The highest BCUT2D eigenvalue weighted by atomic mass is 35.5. The average Bonchev–Trinajstić information content (AvgIpc) is 2.38. The lowest BCUT2D eigenvalue weighted by molar-refractivity contribution is -0.149. The Morgan fingerprint density at radius 2 is 1.95 bits per heavy atom. The van der Waals surface area contributed by atoms with Crippen LogP contribution in [0.5, 0.6) is 0 Å². The van der Waals surface area contributed by atoms with Crippen molar-refractivity contribution in [1.82, 2.24) is 5.32 Å². The Morgan fingerprint density at radius 3 is 2.45 bits per heavy atom. The molecule has 0 radical (unpaired) electrons. The van der Waals surface area contributed by atoms with Gasteiger partial charge >= 0.3 is 17.3 Å². The van der Waals surface area contributed by atoms with Crippen molar-refractivity contribution in [3.63, 3.8) is 0 Å². The lowest BCUT2D eigenvalue weighted by atomic mass is 10.1. The van der Waals surface area contributed by atoms with Crippen molar-refractivity contribution in [3.8, 4) is 0 Å². The van der Waals surface area contributed by atoms with Crippen LogP contribution in [0.4, 0.5) is 8.78 Å². The summed E-state index contributed by atoms with van der Waals surface area (Å²) >= 11 is 4.61. The monoisotopic (exact) mass is 305 g/mol. The molecule has 1 rings (SSSR count). The quantitative estimate of drug-likeness (QED) is 0.647. The van der Waals surface area contributed by atoms with Gasteiger partial charge in [0, 0.05) is 6.42 Å². The molecule has 0 spiro atoms. The van der Waals surface area contributed by atoms with Crippen molar-refractivity contribution >= 4 is 23.5 Å². The van der Waals surface area contributed by atoms with Gasteiger partial charge in [0.2, 0.25) is 0 Å². The van der Waals surface area contributed by atoms with Crippen LogP contribution in [0.3, 0.4) is 0 Å². The van der Waals surface area contributed by atoms with E-state index in [1.807, 2.05) is 5.32 Å². The SMILES string of the molecule is CCOC(=O)C(Cc1ccccc1)NC(=O)C(F)(F)Cl. The molecule has 0 fully saturated rings. The van der Waals surface area contributed by atoms with E-state index in [9.17, 15) is 18.4 Å². The summed E-state index contributed by atoms with van der Waals surface area (Å²) in [6.45, 7) is 1.66. The number of ether oxygens (including phenoxy) is 1. The van der Waals surface area contributed by atoms with E-state index in [1.54, 1.807) is 37.3 Å². The van der Waals surface area contributed by atoms with Crippen LogP contribution in [-0.2, 0) is 20.7 Å². The number of nitrogens with one attached hydrogen (secondary N) is 1. The molecular formula is C13H14ClF2NO3. The second-order valence-electron chi connectivity index (χ2n) is 3.97. The van der Waals surface area contributed by atoms with E-state index in [0.29, 0.717) is 5.56 Å². The summed E-state index contributed by atoms with van der Waals surface area (Å²) < 4.78 is 30.1. The molecule has 20 heavy (non-hydrogen) atoms. The van der Waals surface area contributed by atoms with E-state index in [0.717, 1.165) is 0 Å².